The molecule has 6 aliphatic heterocycles. The monoisotopic (exact) mass is 702 g/mol. The molecule has 6 fully saturated rings. The number of hydrogen-bond donors (Lipinski definition) is 2. The van der Waals surface area contributed by atoms with Crippen LogP contribution in [0, 0.1) is 23.7 Å². The van der Waals surface area contributed by atoms with Gasteiger partial charge in [0.25, 0.3) is 0 Å². The van der Waals surface area contributed by atoms with Gasteiger partial charge in [-0.15, -0.1) is 0 Å². The van der Waals surface area contributed by atoms with Crippen LogP contribution in [0.3, 0.4) is 0 Å². The first-order valence-electron chi connectivity index (χ1n) is 17.5. The number of fused-ring (bicyclic) bond motifs is 10. The summed E-state index contributed by atoms with van der Waals surface area (Å²) in [6.45, 7) is 0.504. The van der Waals surface area contributed by atoms with E-state index in [1.165, 1.54) is 9.80 Å². The van der Waals surface area contributed by atoms with Crippen LogP contribution in [-0.4, -0.2) is 96.3 Å². The van der Waals surface area contributed by atoms with Crippen molar-refractivity contribution in [2.75, 3.05) is 36.9 Å². The van der Waals surface area contributed by atoms with Crippen LogP contribution in [0.15, 0.2) is 48.5 Å². The Balaban J connectivity index is 0.713. The van der Waals surface area contributed by atoms with Gasteiger partial charge in [-0.1, -0.05) is 0 Å². The van der Waals surface area contributed by atoms with Gasteiger partial charge in [-0.3, -0.25) is 39.6 Å². The van der Waals surface area contributed by atoms with Crippen LogP contribution in [0.1, 0.15) is 38.5 Å². The van der Waals surface area contributed by atoms with Gasteiger partial charge in [0.2, 0.25) is 23.6 Å². The van der Waals surface area contributed by atoms with E-state index in [1.54, 1.807) is 48.5 Å². The topological polar surface area (TPSA) is 179 Å². The summed E-state index contributed by atoms with van der Waals surface area (Å²) in [5, 5.41) is 5.27. The Hall–Kier alpha value is -5.02. The Morgan fingerprint density at radius 1 is 0.569 bits per heavy atom. The number of benzene rings is 2. The maximum absolute atomic E-state index is 12.7. The van der Waals surface area contributed by atoms with E-state index in [2.05, 4.69) is 10.6 Å². The van der Waals surface area contributed by atoms with Gasteiger partial charge in [0.15, 0.2) is 0 Å². The van der Waals surface area contributed by atoms with Crippen molar-refractivity contribution in [1.29, 1.82) is 0 Å². The smallest absolute Gasteiger partial charge is 0.411 e. The van der Waals surface area contributed by atoms with Crippen molar-refractivity contribution in [3.63, 3.8) is 0 Å². The lowest BCUT2D eigenvalue weighted by Crippen LogP contribution is -2.35. The first-order chi connectivity index (χ1) is 24.7. The molecule has 15 nitrogen and oxygen atoms in total. The molecule has 4 bridgehead atoms. The lowest BCUT2D eigenvalue weighted by atomic mass is 9.81. The van der Waals surface area contributed by atoms with Gasteiger partial charge in [-0.05, 0) is 87.1 Å². The number of anilines is 2. The lowest BCUT2D eigenvalue weighted by Gasteiger charge is -2.17. The fourth-order valence-electron chi connectivity index (χ4n) is 8.42. The second kappa shape index (κ2) is 13.6. The standard InChI is InChI=1S/C36H38N4O11/c41-31-27-23-11-12-24(50-23)28(27)32(42)39(31)15-1-17-47-35(45)37-19-3-7-21(8-4-19)49-22-9-5-20(6-10-22)38-36(46)48-18-2-16-40-33(43)29-25-13-14-26(51-25)30(29)34(40)44/h3-10,23-30H,1-2,11-18H2,(H,37,45)(H,38,46). The molecule has 0 aromatic heterocycles. The third kappa shape index (κ3) is 6.29. The minimum atomic E-state index is -0.659. The predicted octanol–water partition coefficient (Wildman–Crippen LogP) is 3.68. The minimum Gasteiger partial charge on any atom is -0.457 e. The van der Waals surface area contributed by atoms with E-state index < -0.39 is 12.2 Å². The van der Waals surface area contributed by atoms with Crippen molar-refractivity contribution in [3.8, 4) is 11.5 Å². The van der Waals surface area contributed by atoms with Gasteiger partial charge in [-0.25, -0.2) is 9.59 Å². The van der Waals surface area contributed by atoms with Gasteiger partial charge in [0.1, 0.15) is 11.5 Å². The summed E-state index contributed by atoms with van der Waals surface area (Å²) in [7, 11) is 0. The highest BCUT2D eigenvalue weighted by Gasteiger charge is 2.63. The van der Waals surface area contributed by atoms with E-state index in [4.69, 9.17) is 23.7 Å². The molecule has 6 saturated heterocycles. The van der Waals surface area contributed by atoms with Crippen molar-refractivity contribution in [2.45, 2.75) is 62.9 Å². The molecular formula is C36H38N4O11. The number of amides is 6. The molecule has 0 saturated carbocycles. The first kappa shape index (κ1) is 33.1. The number of nitrogens with one attached hydrogen (secondary N) is 2. The molecule has 8 atom stereocenters. The van der Waals surface area contributed by atoms with Crippen LogP contribution in [0.4, 0.5) is 21.0 Å². The molecule has 2 aromatic carbocycles. The zero-order chi connectivity index (χ0) is 35.2. The first-order valence-corrected chi connectivity index (χ1v) is 17.5. The van der Waals surface area contributed by atoms with Crippen LogP contribution in [0.2, 0.25) is 0 Å². The van der Waals surface area contributed by atoms with E-state index in [9.17, 15) is 28.8 Å². The van der Waals surface area contributed by atoms with Crippen LogP contribution >= 0.6 is 0 Å². The molecule has 0 radical (unpaired) electrons. The molecule has 2 N–H and O–H groups in total. The number of imide groups is 2. The molecule has 6 amide bonds. The largest absolute Gasteiger partial charge is 0.457 e. The number of rotatable bonds is 12. The third-order valence-corrected chi connectivity index (χ3v) is 10.7. The van der Waals surface area contributed by atoms with Crippen LogP contribution in [-0.2, 0) is 38.1 Å². The van der Waals surface area contributed by atoms with Crippen molar-refractivity contribution < 1.29 is 52.5 Å². The Morgan fingerprint density at radius 2 is 0.902 bits per heavy atom. The average Bonchev–Trinajstić information content (AvgIpc) is 3.98. The van der Waals surface area contributed by atoms with E-state index >= 15 is 0 Å². The quantitative estimate of drug-likeness (QED) is 0.244. The predicted molar refractivity (Wildman–Crippen MR) is 175 cm³/mol. The van der Waals surface area contributed by atoms with Gasteiger partial charge in [0, 0.05) is 24.5 Å². The number of likely N-dealkylation sites (tertiary alicyclic amines) is 2. The highest BCUT2D eigenvalue weighted by atomic mass is 16.6. The Morgan fingerprint density at radius 3 is 1.24 bits per heavy atom. The maximum Gasteiger partial charge on any atom is 0.411 e. The normalized spacial score (nSPS) is 29.8. The summed E-state index contributed by atoms with van der Waals surface area (Å²) < 4.78 is 27.8. The van der Waals surface area contributed by atoms with Crippen molar-refractivity contribution in [3.05, 3.63) is 48.5 Å². The molecule has 6 aliphatic rings. The summed E-state index contributed by atoms with van der Waals surface area (Å²) in [4.78, 5) is 78.1. The zero-order valence-electron chi connectivity index (χ0n) is 27.7. The number of carbonyl (C=O) groups excluding carboxylic acids is 6. The summed E-state index contributed by atoms with van der Waals surface area (Å²) in [5.41, 5.74) is 0.975. The third-order valence-electron chi connectivity index (χ3n) is 10.7. The Kier molecular flexibility index (Phi) is 8.84. The highest BCUT2D eigenvalue weighted by molar-refractivity contribution is 6.07. The van der Waals surface area contributed by atoms with Gasteiger partial charge in [-0.2, -0.15) is 0 Å². The molecule has 51 heavy (non-hydrogen) atoms. The maximum atomic E-state index is 12.7. The Bertz CT molecular complexity index is 1550. The fraction of sp³-hybridized carbons (Fsp3) is 0.500. The van der Waals surface area contributed by atoms with Gasteiger partial charge >= 0.3 is 12.2 Å². The lowest BCUT2D eigenvalue weighted by molar-refractivity contribution is -0.144. The van der Waals surface area contributed by atoms with E-state index in [0.717, 1.165) is 25.7 Å². The summed E-state index contributed by atoms with van der Waals surface area (Å²) in [6.07, 6.45) is 2.02. The van der Waals surface area contributed by atoms with Crippen molar-refractivity contribution in [2.24, 2.45) is 23.7 Å². The molecule has 0 aliphatic carbocycles. The minimum absolute atomic E-state index is 0.0479. The van der Waals surface area contributed by atoms with Crippen LogP contribution < -0.4 is 15.4 Å². The second-order valence-corrected chi connectivity index (χ2v) is 13.7. The fourth-order valence-corrected chi connectivity index (χ4v) is 8.42. The molecule has 268 valence electrons. The molecule has 0 spiro atoms. The van der Waals surface area contributed by atoms with E-state index in [0.29, 0.717) is 35.7 Å². The van der Waals surface area contributed by atoms with E-state index in [1.807, 2.05) is 0 Å². The van der Waals surface area contributed by atoms with Crippen LogP contribution in [0.5, 0.6) is 11.5 Å². The SMILES string of the molecule is O=C(Nc1ccc(Oc2ccc(NC(=O)OCCCN3C(=O)C4C5CCC(O5)C4C3=O)cc2)cc1)OCCCN1C(=O)C2C3CCC(O3)C2C1=O. The number of hydrogen-bond acceptors (Lipinski definition) is 11. The number of ether oxygens (including phenoxy) is 5. The summed E-state index contributed by atoms with van der Waals surface area (Å²) in [5.74, 6) is -1.14. The molecule has 8 unspecified atom stereocenters. The summed E-state index contributed by atoms with van der Waals surface area (Å²) in [6, 6.07) is 13.3. The molecule has 8 rings (SSSR count). The molecule has 2 aromatic rings. The van der Waals surface area contributed by atoms with Gasteiger partial charge < -0.3 is 23.7 Å². The highest BCUT2D eigenvalue weighted by Crippen LogP contribution is 2.49. The molecule has 15 heteroatoms. The van der Waals surface area contributed by atoms with Crippen molar-refractivity contribution >= 4 is 47.2 Å². The van der Waals surface area contributed by atoms with Gasteiger partial charge in [0.05, 0.1) is 61.3 Å². The van der Waals surface area contributed by atoms with Crippen molar-refractivity contribution in [1.82, 2.24) is 9.80 Å². The molecular weight excluding hydrogens is 664 g/mol. The average molecular weight is 703 g/mol. The number of carbonyl (C=O) groups is 6. The zero-order valence-corrected chi connectivity index (χ0v) is 27.7. The Labute approximate surface area is 292 Å². The van der Waals surface area contributed by atoms with Crippen LogP contribution in [0.25, 0.3) is 0 Å². The summed E-state index contributed by atoms with van der Waals surface area (Å²) >= 11 is 0. The second-order valence-electron chi connectivity index (χ2n) is 13.7. The number of nitrogens with zero attached hydrogens (tertiary/aromatic N) is 2. The molecule has 6 heterocycles. The van der Waals surface area contributed by atoms with E-state index in [-0.39, 0.29) is 98.0 Å².